The average Bonchev–Trinajstić information content (AvgIpc) is 2.52. The summed E-state index contributed by atoms with van der Waals surface area (Å²) in [5, 5.41) is 10.6. The van der Waals surface area contributed by atoms with Gasteiger partial charge in [0.05, 0.1) is 24.8 Å². The van der Waals surface area contributed by atoms with Crippen LogP contribution in [0.25, 0.3) is 0 Å². The first-order chi connectivity index (χ1) is 10.1. The zero-order valence-corrected chi connectivity index (χ0v) is 11.6. The van der Waals surface area contributed by atoms with Gasteiger partial charge in [0.25, 0.3) is 5.69 Å². The first-order valence-corrected chi connectivity index (χ1v) is 6.14. The first-order valence-electron chi connectivity index (χ1n) is 6.14. The van der Waals surface area contributed by atoms with Crippen molar-refractivity contribution in [2.45, 2.75) is 0 Å². The van der Waals surface area contributed by atoms with Gasteiger partial charge in [-0.1, -0.05) is 0 Å². The molecule has 0 amide bonds. The predicted molar refractivity (Wildman–Crippen MR) is 79.9 cm³/mol. The van der Waals surface area contributed by atoms with Crippen molar-refractivity contribution in [2.75, 3.05) is 14.2 Å². The first kappa shape index (κ1) is 14.5. The summed E-state index contributed by atoms with van der Waals surface area (Å²) in [4.78, 5) is 14.5. The lowest BCUT2D eigenvalue weighted by molar-refractivity contribution is -0.384. The Labute approximate surface area is 121 Å². The molecule has 0 heterocycles. The largest absolute Gasteiger partial charge is 0.497 e. The molecule has 2 rings (SSSR count). The quantitative estimate of drug-likeness (QED) is 0.480. The molecule has 108 valence electrons. The van der Waals surface area contributed by atoms with Crippen LogP contribution < -0.4 is 9.47 Å². The number of rotatable bonds is 5. The number of aliphatic imine (C=N–C) groups is 1. The number of hydrogen-bond acceptors (Lipinski definition) is 5. The van der Waals surface area contributed by atoms with Gasteiger partial charge in [-0.3, -0.25) is 15.1 Å². The highest BCUT2D eigenvalue weighted by Gasteiger charge is 2.03. The number of nitro benzene ring substituents is 1. The Balaban J connectivity index is 2.22. The topological polar surface area (TPSA) is 74.0 Å². The Bertz CT molecular complexity index is 644. The standard InChI is InChI=1S/C15H14N2O4/c1-20-14-7-12(8-15(9-14)21-2)16-10-11-3-5-13(6-4-11)17(18)19/h3-10H,1-2H3. The fraction of sp³-hybridized carbons (Fsp3) is 0.133. The van der Waals surface area contributed by atoms with Crippen LogP contribution in [0.2, 0.25) is 0 Å². The van der Waals surface area contributed by atoms with Crippen LogP contribution >= 0.6 is 0 Å². The summed E-state index contributed by atoms with van der Waals surface area (Å²) in [5.41, 5.74) is 1.49. The maximum Gasteiger partial charge on any atom is 0.269 e. The molecule has 6 nitrogen and oxygen atoms in total. The van der Waals surface area contributed by atoms with E-state index >= 15 is 0 Å². The molecule has 0 atom stereocenters. The molecule has 21 heavy (non-hydrogen) atoms. The number of non-ortho nitro benzene ring substituents is 1. The normalized spacial score (nSPS) is 10.6. The lowest BCUT2D eigenvalue weighted by Gasteiger charge is -2.05. The molecule has 0 unspecified atom stereocenters. The monoisotopic (exact) mass is 286 g/mol. The molecule has 0 fully saturated rings. The molecule has 0 radical (unpaired) electrons. The van der Waals surface area contributed by atoms with Crippen LogP contribution in [0, 0.1) is 10.1 Å². The van der Waals surface area contributed by atoms with E-state index in [4.69, 9.17) is 9.47 Å². The van der Waals surface area contributed by atoms with Gasteiger partial charge in [-0.2, -0.15) is 0 Å². The van der Waals surface area contributed by atoms with Crippen molar-refractivity contribution in [1.29, 1.82) is 0 Å². The van der Waals surface area contributed by atoms with Crippen molar-refractivity contribution in [3.8, 4) is 11.5 Å². The lowest BCUT2D eigenvalue weighted by Crippen LogP contribution is -1.88. The Morgan fingerprint density at radius 1 is 1.05 bits per heavy atom. The number of benzene rings is 2. The van der Waals surface area contributed by atoms with E-state index in [9.17, 15) is 10.1 Å². The van der Waals surface area contributed by atoms with Gasteiger partial charge < -0.3 is 9.47 Å². The van der Waals surface area contributed by atoms with Gasteiger partial charge in [0.2, 0.25) is 0 Å². The predicted octanol–water partition coefficient (Wildman–Crippen LogP) is 3.36. The van der Waals surface area contributed by atoms with Crippen molar-refractivity contribution >= 4 is 17.6 Å². The van der Waals surface area contributed by atoms with Crippen LogP contribution in [0.4, 0.5) is 11.4 Å². The van der Waals surface area contributed by atoms with Crippen molar-refractivity contribution in [1.82, 2.24) is 0 Å². The van der Waals surface area contributed by atoms with Gasteiger partial charge in [0, 0.05) is 36.5 Å². The molecule has 0 aromatic heterocycles. The Kier molecular flexibility index (Phi) is 4.50. The van der Waals surface area contributed by atoms with E-state index < -0.39 is 4.92 Å². The third kappa shape index (κ3) is 3.79. The lowest BCUT2D eigenvalue weighted by atomic mass is 10.2. The van der Waals surface area contributed by atoms with Gasteiger partial charge in [0.15, 0.2) is 0 Å². The van der Waals surface area contributed by atoms with Crippen LogP contribution in [0.1, 0.15) is 5.56 Å². The third-order valence-electron chi connectivity index (χ3n) is 2.80. The minimum absolute atomic E-state index is 0.0511. The highest BCUT2D eigenvalue weighted by atomic mass is 16.6. The Hall–Kier alpha value is -2.89. The number of methoxy groups -OCH3 is 2. The van der Waals surface area contributed by atoms with Crippen molar-refractivity contribution in [2.24, 2.45) is 4.99 Å². The molecule has 6 heteroatoms. The highest BCUT2D eigenvalue weighted by Crippen LogP contribution is 2.27. The van der Waals surface area contributed by atoms with E-state index in [0.29, 0.717) is 17.2 Å². The SMILES string of the molecule is COc1cc(N=Cc2ccc([N+](=O)[O-])cc2)cc(OC)c1. The molecular weight excluding hydrogens is 272 g/mol. The maximum absolute atomic E-state index is 10.6. The van der Waals surface area contributed by atoms with Crippen LogP contribution in [0.3, 0.4) is 0 Å². The Morgan fingerprint density at radius 2 is 1.62 bits per heavy atom. The fourth-order valence-electron chi connectivity index (χ4n) is 1.70. The van der Waals surface area contributed by atoms with E-state index in [1.54, 1.807) is 50.8 Å². The van der Waals surface area contributed by atoms with Gasteiger partial charge in [-0.25, -0.2) is 0 Å². The zero-order valence-electron chi connectivity index (χ0n) is 11.6. The summed E-state index contributed by atoms with van der Waals surface area (Å²) in [7, 11) is 3.14. The molecule has 0 saturated carbocycles. The van der Waals surface area contributed by atoms with Crippen molar-refractivity contribution in [3.63, 3.8) is 0 Å². The minimum atomic E-state index is -0.437. The second-order valence-corrected chi connectivity index (χ2v) is 4.18. The van der Waals surface area contributed by atoms with Crippen LogP contribution in [0.15, 0.2) is 47.5 Å². The number of ether oxygens (including phenoxy) is 2. The summed E-state index contributed by atoms with van der Waals surface area (Å²) in [6.45, 7) is 0. The minimum Gasteiger partial charge on any atom is -0.497 e. The second-order valence-electron chi connectivity index (χ2n) is 4.18. The zero-order chi connectivity index (χ0) is 15.2. The van der Waals surface area contributed by atoms with E-state index in [0.717, 1.165) is 5.56 Å². The second kappa shape index (κ2) is 6.51. The molecule has 0 aliphatic heterocycles. The van der Waals surface area contributed by atoms with Crippen LogP contribution in [0.5, 0.6) is 11.5 Å². The Morgan fingerprint density at radius 3 is 2.10 bits per heavy atom. The van der Waals surface area contributed by atoms with Crippen molar-refractivity contribution < 1.29 is 14.4 Å². The molecule has 0 saturated heterocycles. The molecular formula is C15H14N2O4. The molecule has 0 spiro atoms. The van der Waals surface area contributed by atoms with Gasteiger partial charge in [-0.05, 0) is 17.7 Å². The van der Waals surface area contributed by atoms with Crippen molar-refractivity contribution in [3.05, 3.63) is 58.1 Å². The third-order valence-corrected chi connectivity index (χ3v) is 2.80. The summed E-state index contributed by atoms with van der Waals surface area (Å²) < 4.78 is 10.3. The average molecular weight is 286 g/mol. The molecule has 0 aliphatic rings. The molecule has 2 aromatic carbocycles. The summed E-state index contributed by atoms with van der Waals surface area (Å²) >= 11 is 0. The summed E-state index contributed by atoms with van der Waals surface area (Å²) in [5.74, 6) is 1.29. The summed E-state index contributed by atoms with van der Waals surface area (Å²) in [6, 6.07) is 11.4. The fourth-order valence-corrected chi connectivity index (χ4v) is 1.70. The van der Waals surface area contributed by atoms with Crippen LogP contribution in [-0.2, 0) is 0 Å². The van der Waals surface area contributed by atoms with Gasteiger partial charge >= 0.3 is 0 Å². The molecule has 0 aliphatic carbocycles. The molecule has 0 bridgehead atoms. The molecule has 2 aromatic rings. The van der Waals surface area contributed by atoms with Gasteiger partial charge in [-0.15, -0.1) is 0 Å². The molecule has 0 N–H and O–H groups in total. The van der Waals surface area contributed by atoms with E-state index in [1.165, 1.54) is 12.1 Å². The van der Waals surface area contributed by atoms with E-state index in [1.807, 2.05) is 0 Å². The maximum atomic E-state index is 10.6. The smallest absolute Gasteiger partial charge is 0.269 e. The summed E-state index contributed by atoms with van der Waals surface area (Å²) in [6.07, 6.45) is 1.62. The van der Waals surface area contributed by atoms with E-state index in [2.05, 4.69) is 4.99 Å². The van der Waals surface area contributed by atoms with Gasteiger partial charge in [0.1, 0.15) is 11.5 Å². The highest BCUT2D eigenvalue weighted by molar-refractivity contribution is 5.82. The van der Waals surface area contributed by atoms with E-state index in [-0.39, 0.29) is 5.69 Å². The van der Waals surface area contributed by atoms with Crippen LogP contribution in [-0.4, -0.2) is 25.4 Å². The number of nitrogens with zero attached hydrogens (tertiary/aromatic N) is 2. The number of hydrogen-bond donors (Lipinski definition) is 0. The number of nitro groups is 1.